The highest BCUT2D eigenvalue weighted by molar-refractivity contribution is 5.97. The van der Waals surface area contributed by atoms with Crippen molar-refractivity contribution in [2.24, 2.45) is 0 Å². The quantitative estimate of drug-likeness (QED) is 0.671. The van der Waals surface area contributed by atoms with Crippen molar-refractivity contribution in [1.82, 2.24) is 15.1 Å². The molecule has 1 aromatic carbocycles. The number of carbonyl (C=O) groups excluding carboxylic acids is 2. The van der Waals surface area contributed by atoms with Gasteiger partial charge in [-0.1, -0.05) is 19.1 Å². The summed E-state index contributed by atoms with van der Waals surface area (Å²) >= 11 is 0. The van der Waals surface area contributed by atoms with Gasteiger partial charge in [-0.3, -0.25) is 9.59 Å². The molecule has 0 unspecified atom stereocenters. The molecule has 1 N–H and O–H groups in total. The van der Waals surface area contributed by atoms with Crippen LogP contribution in [0, 0.1) is 0 Å². The highest BCUT2D eigenvalue weighted by Gasteiger charge is 2.27. The molecule has 0 saturated carbocycles. The molecule has 29 heavy (non-hydrogen) atoms. The van der Waals surface area contributed by atoms with Gasteiger partial charge in [0.25, 0.3) is 0 Å². The number of carbonyl (C=O) groups is 2. The van der Waals surface area contributed by atoms with Gasteiger partial charge in [-0.15, -0.1) is 0 Å². The van der Waals surface area contributed by atoms with E-state index in [4.69, 9.17) is 4.74 Å². The Bertz CT molecular complexity index is 688. The summed E-state index contributed by atoms with van der Waals surface area (Å²) in [4.78, 5) is 31.5. The number of para-hydroxylation sites is 2. The second-order valence-corrected chi connectivity index (χ2v) is 7.88. The minimum atomic E-state index is -0.0538. The Morgan fingerprint density at radius 1 is 1.10 bits per heavy atom. The average molecular weight is 403 g/mol. The van der Waals surface area contributed by atoms with E-state index >= 15 is 0 Å². The van der Waals surface area contributed by atoms with Crippen LogP contribution >= 0.6 is 0 Å². The molecule has 160 valence electrons. The summed E-state index contributed by atoms with van der Waals surface area (Å²) in [6.07, 6.45) is 1.33. The maximum absolute atomic E-state index is 12.7. The topological polar surface area (TPSA) is 65.1 Å². The second kappa shape index (κ2) is 10.6. The first-order chi connectivity index (χ1) is 14.1. The first-order valence-corrected chi connectivity index (χ1v) is 10.8. The average Bonchev–Trinajstić information content (AvgIpc) is 2.74. The number of benzene rings is 1. The van der Waals surface area contributed by atoms with Gasteiger partial charge in [0.1, 0.15) is 11.9 Å². The molecular formula is C22H34N4O3. The van der Waals surface area contributed by atoms with Crippen LogP contribution in [0.3, 0.4) is 0 Å². The van der Waals surface area contributed by atoms with Crippen molar-refractivity contribution in [3.63, 3.8) is 0 Å². The molecule has 1 atom stereocenters. The Hall–Kier alpha value is -2.12. The number of nitrogens with zero attached hydrogens (tertiary/aromatic N) is 3. The van der Waals surface area contributed by atoms with Gasteiger partial charge in [-0.05, 0) is 38.6 Å². The molecule has 2 aliphatic rings. The third kappa shape index (κ3) is 6.18. The summed E-state index contributed by atoms with van der Waals surface area (Å²) in [6, 6.07) is 7.56. The fraction of sp³-hybridized carbons (Fsp3) is 0.636. The van der Waals surface area contributed by atoms with Crippen molar-refractivity contribution in [2.45, 2.75) is 39.2 Å². The van der Waals surface area contributed by atoms with Gasteiger partial charge in [0.2, 0.25) is 11.8 Å². The lowest BCUT2D eigenvalue weighted by molar-refractivity contribution is -0.125. The summed E-state index contributed by atoms with van der Waals surface area (Å²) in [5, 5.41) is 2.96. The lowest BCUT2D eigenvalue weighted by atomic mass is 10.1. The SMILES string of the molecule is CCN1CCN(CCCNC(=O)CCC(=O)N2C[C@@H](C)Oc3ccccc32)CC1. The van der Waals surface area contributed by atoms with Crippen molar-refractivity contribution >= 4 is 17.5 Å². The third-order valence-electron chi connectivity index (χ3n) is 5.68. The molecule has 1 saturated heterocycles. The zero-order valence-corrected chi connectivity index (χ0v) is 17.7. The molecule has 2 aliphatic heterocycles. The number of ether oxygens (including phenoxy) is 1. The molecule has 2 amide bonds. The van der Waals surface area contributed by atoms with E-state index in [9.17, 15) is 9.59 Å². The van der Waals surface area contributed by atoms with E-state index in [0.717, 1.165) is 57.1 Å². The van der Waals surface area contributed by atoms with Crippen LogP contribution in [0.15, 0.2) is 24.3 Å². The first kappa shape index (κ1) is 21.6. The predicted molar refractivity (Wildman–Crippen MR) is 114 cm³/mol. The fourth-order valence-electron chi connectivity index (χ4n) is 3.93. The van der Waals surface area contributed by atoms with Crippen molar-refractivity contribution in [1.29, 1.82) is 0 Å². The first-order valence-electron chi connectivity index (χ1n) is 10.8. The molecule has 0 aromatic heterocycles. The van der Waals surface area contributed by atoms with Crippen molar-refractivity contribution < 1.29 is 14.3 Å². The maximum atomic E-state index is 12.7. The Labute approximate surface area is 174 Å². The van der Waals surface area contributed by atoms with Crippen molar-refractivity contribution in [2.75, 3.05) is 57.3 Å². The summed E-state index contributed by atoms with van der Waals surface area (Å²) in [6.45, 7) is 11.9. The van der Waals surface area contributed by atoms with E-state index in [0.29, 0.717) is 13.1 Å². The van der Waals surface area contributed by atoms with Crippen LogP contribution in [0.5, 0.6) is 5.75 Å². The molecule has 1 aromatic rings. The molecule has 7 heteroatoms. The van der Waals surface area contributed by atoms with Gasteiger partial charge in [0, 0.05) is 45.6 Å². The van der Waals surface area contributed by atoms with E-state index in [-0.39, 0.29) is 30.8 Å². The molecule has 0 aliphatic carbocycles. The minimum Gasteiger partial charge on any atom is -0.487 e. The zero-order valence-electron chi connectivity index (χ0n) is 17.7. The summed E-state index contributed by atoms with van der Waals surface area (Å²) in [5.41, 5.74) is 0.791. The molecule has 7 nitrogen and oxygen atoms in total. The van der Waals surface area contributed by atoms with Crippen LogP contribution < -0.4 is 15.0 Å². The molecule has 2 heterocycles. The summed E-state index contributed by atoms with van der Waals surface area (Å²) < 4.78 is 5.79. The normalized spacial score (nSPS) is 20.1. The smallest absolute Gasteiger partial charge is 0.227 e. The van der Waals surface area contributed by atoms with E-state index in [2.05, 4.69) is 22.0 Å². The number of hydrogen-bond acceptors (Lipinski definition) is 5. The van der Waals surface area contributed by atoms with Crippen LogP contribution in [0.2, 0.25) is 0 Å². The number of nitrogens with one attached hydrogen (secondary N) is 1. The standard InChI is InChI=1S/C22H34N4O3/c1-3-24-13-15-25(16-14-24)12-6-11-23-21(27)9-10-22(28)26-17-18(2)29-20-8-5-4-7-19(20)26/h4-5,7-8,18H,3,6,9-17H2,1-2H3,(H,23,27)/t18-/m1/s1. The highest BCUT2D eigenvalue weighted by Crippen LogP contribution is 2.33. The number of amides is 2. The Morgan fingerprint density at radius 2 is 1.83 bits per heavy atom. The number of hydrogen-bond donors (Lipinski definition) is 1. The van der Waals surface area contributed by atoms with E-state index in [1.165, 1.54) is 0 Å². The number of rotatable bonds is 8. The van der Waals surface area contributed by atoms with E-state index < -0.39 is 0 Å². The third-order valence-corrected chi connectivity index (χ3v) is 5.68. The molecule has 0 spiro atoms. The van der Waals surface area contributed by atoms with E-state index in [1.54, 1.807) is 4.90 Å². The number of fused-ring (bicyclic) bond motifs is 1. The van der Waals surface area contributed by atoms with Gasteiger partial charge in [-0.2, -0.15) is 0 Å². The number of anilines is 1. The predicted octanol–water partition coefficient (Wildman–Crippen LogP) is 1.72. The Kier molecular flexibility index (Phi) is 7.89. The second-order valence-electron chi connectivity index (χ2n) is 7.88. The molecule has 0 radical (unpaired) electrons. The highest BCUT2D eigenvalue weighted by atomic mass is 16.5. The van der Waals surface area contributed by atoms with Gasteiger partial charge >= 0.3 is 0 Å². The molecular weight excluding hydrogens is 368 g/mol. The zero-order chi connectivity index (χ0) is 20.6. The van der Waals surface area contributed by atoms with Gasteiger partial charge in [0.05, 0.1) is 12.2 Å². The van der Waals surface area contributed by atoms with E-state index in [1.807, 2.05) is 31.2 Å². The van der Waals surface area contributed by atoms with Crippen LogP contribution in [-0.4, -0.2) is 80.1 Å². The Morgan fingerprint density at radius 3 is 2.59 bits per heavy atom. The largest absolute Gasteiger partial charge is 0.487 e. The van der Waals surface area contributed by atoms with Gasteiger partial charge in [-0.25, -0.2) is 0 Å². The maximum Gasteiger partial charge on any atom is 0.227 e. The van der Waals surface area contributed by atoms with Crippen LogP contribution in [-0.2, 0) is 9.59 Å². The lowest BCUT2D eigenvalue weighted by Gasteiger charge is -2.34. The summed E-state index contributed by atoms with van der Waals surface area (Å²) in [5.74, 6) is 0.643. The Balaban J connectivity index is 1.34. The van der Waals surface area contributed by atoms with Crippen LogP contribution in [0.4, 0.5) is 5.69 Å². The number of piperazine rings is 1. The molecule has 0 bridgehead atoms. The fourth-order valence-corrected chi connectivity index (χ4v) is 3.93. The van der Waals surface area contributed by atoms with Crippen LogP contribution in [0.1, 0.15) is 33.1 Å². The molecule has 1 fully saturated rings. The van der Waals surface area contributed by atoms with Gasteiger partial charge in [0.15, 0.2) is 0 Å². The van der Waals surface area contributed by atoms with Crippen molar-refractivity contribution in [3.05, 3.63) is 24.3 Å². The molecule has 3 rings (SSSR count). The number of likely N-dealkylation sites (N-methyl/N-ethyl adjacent to an activating group) is 1. The minimum absolute atomic E-state index is 0.0310. The van der Waals surface area contributed by atoms with Crippen molar-refractivity contribution in [3.8, 4) is 5.75 Å². The monoisotopic (exact) mass is 402 g/mol. The summed E-state index contributed by atoms with van der Waals surface area (Å²) in [7, 11) is 0. The lowest BCUT2D eigenvalue weighted by Crippen LogP contribution is -2.46. The van der Waals surface area contributed by atoms with Crippen LogP contribution in [0.25, 0.3) is 0 Å². The van der Waals surface area contributed by atoms with Gasteiger partial charge < -0.3 is 24.8 Å².